The molecule has 37 heavy (non-hydrogen) atoms. The number of amides is 2. The van der Waals surface area contributed by atoms with Gasteiger partial charge in [-0.2, -0.15) is 5.10 Å². The van der Waals surface area contributed by atoms with Gasteiger partial charge < -0.3 is 19.7 Å². The lowest BCUT2D eigenvalue weighted by Gasteiger charge is -2.67. The fraction of sp³-hybridized carbons (Fsp3) is 0.370. The zero-order valence-corrected chi connectivity index (χ0v) is 20.2. The molecular formula is C27H25N5O5. The summed E-state index contributed by atoms with van der Waals surface area (Å²) in [5.41, 5.74) is 1.14. The van der Waals surface area contributed by atoms with Gasteiger partial charge in [-0.1, -0.05) is 6.07 Å². The summed E-state index contributed by atoms with van der Waals surface area (Å²) in [6.45, 7) is 1.02. The van der Waals surface area contributed by atoms with Crippen LogP contribution in [0, 0.1) is 10.8 Å². The molecule has 2 atom stereocenters. The van der Waals surface area contributed by atoms with Crippen LogP contribution in [0.15, 0.2) is 55.0 Å². The van der Waals surface area contributed by atoms with E-state index in [1.807, 2.05) is 23.1 Å². The van der Waals surface area contributed by atoms with E-state index in [0.717, 1.165) is 11.3 Å². The minimum atomic E-state index is -0.452. The van der Waals surface area contributed by atoms with Crippen LogP contribution in [0.3, 0.4) is 0 Å². The molecule has 1 saturated heterocycles. The van der Waals surface area contributed by atoms with Crippen LogP contribution in [0.2, 0.25) is 0 Å². The van der Waals surface area contributed by atoms with Gasteiger partial charge in [0.15, 0.2) is 5.82 Å². The highest BCUT2D eigenvalue weighted by atomic mass is 16.5. The molecule has 2 aromatic heterocycles. The van der Waals surface area contributed by atoms with Crippen LogP contribution in [0.5, 0.6) is 5.75 Å². The zero-order chi connectivity index (χ0) is 25.4. The predicted molar refractivity (Wildman–Crippen MR) is 130 cm³/mol. The molecular weight excluding hydrogens is 474 g/mol. The van der Waals surface area contributed by atoms with Crippen molar-refractivity contribution >= 4 is 23.5 Å². The Morgan fingerprint density at radius 1 is 1.08 bits per heavy atom. The second-order valence-corrected chi connectivity index (χ2v) is 10.6. The summed E-state index contributed by atoms with van der Waals surface area (Å²) >= 11 is 0. The predicted octanol–water partition coefficient (Wildman–Crippen LogP) is 2.55. The molecule has 4 heterocycles. The van der Waals surface area contributed by atoms with E-state index >= 15 is 0 Å². The molecule has 1 aromatic carbocycles. The molecule has 5 aliphatic rings. The summed E-state index contributed by atoms with van der Waals surface area (Å²) in [6.07, 6.45) is 6.53. The number of carbonyl (C=O) groups is 3. The third kappa shape index (κ3) is 3.14. The number of nitrogens with one attached hydrogen (secondary N) is 1. The zero-order valence-electron chi connectivity index (χ0n) is 20.2. The number of hydrogen-bond donors (Lipinski definition) is 1. The number of esters is 1. The van der Waals surface area contributed by atoms with Crippen molar-refractivity contribution in [1.29, 1.82) is 0 Å². The number of methoxy groups -OCH3 is 1. The molecule has 0 radical (unpaired) electrons. The van der Waals surface area contributed by atoms with Gasteiger partial charge in [0.25, 0.3) is 5.91 Å². The van der Waals surface area contributed by atoms with E-state index < -0.39 is 10.8 Å². The number of ether oxygens (including phenoxy) is 2. The maximum Gasteiger partial charge on any atom is 0.311 e. The van der Waals surface area contributed by atoms with Gasteiger partial charge in [-0.15, -0.1) is 0 Å². The molecule has 3 saturated carbocycles. The van der Waals surface area contributed by atoms with Gasteiger partial charge in [0.05, 0.1) is 30.0 Å². The van der Waals surface area contributed by atoms with Crippen molar-refractivity contribution in [3.05, 3.63) is 66.1 Å². The fourth-order valence-corrected chi connectivity index (χ4v) is 6.68. The van der Waals surface area contributed by atoms with Crippen LogP contribution in [-0.4, -0.2) is 63.8 Å². The number of benzene rings is 1. The maximum atomic E-state index is 13.4. The van der Waals surface area contributed by atoms with Crippen molar-refractivity contribution in [3.63, 3.8) is 0 Å². The van der Waals surface area contributed by atoms with Gasteiger partial charge in [0, 0.05) is 42.3 Å². The first kappa shape index (κ1) is 22.0. The second kappa shape index (κ2) is 7.64. The molecule has 3 aliphatic carbocycles. The van der Waals surface area contributed by atoms with Crippen molar-refractivity contribution in [1.82, 2.24) is 19.7 Å². The lowest BCUT2D eigenvalue weighted by molar-refractivity contribution is -0.227. The molecule has 8 rings (SSSR count). The van der Waals surface area contributed by atoms with E-state index in [1.54, 1.807) is 35.3 Å². The molecule has 10 heteroatoms. The third-order valence-corrected chi connectivity index (χ3v) is 8.37. The highest BCUT2D eigenvalue weighted by molar-refractivity contribution is 6.05. The van der Waals surface area contributed by atoms with Gasteiger partial charge in [-0.3, -0.25) is 14.4 Å². The van der Waals surface area contributed by atoms with Crippen LogP contribution in [0.1, 0.15) is 41.1 Å². The summed E-state index contributed by atoms with van der Waals surface area (Å²) in [5.74, 6) is 0.950. The van der Waals surface area contributed by atoms with Crippen LogP contribution < -0.4 is 10.1 Å². The van der Waals surface area contributed by atoms with Gasteiger partial charge in [-0.25, -0.2) is 9.67 Å². The van der Waals surface area contributed by atoms with E-state index in [9.17, 15) is 14.4 Å². The molecule has 2 amide bonds. The van der Waals surface area contributed by atoms with Crippen molar-refractivity contribution in [3.8, 4) is 11.6 Å². The largest absolute Gasteiger partial charge is 0.487 e. The minimum Gasteiger partial charge on any atom is -0.487 e. The summed E-state index contributed by atoms with van der Waals surface area (Å²) in [5, 5.41) is 7.17. The van der Waals surface area contributed by atoms with Crippen LogP contribution in [0.25, 0.3) is 5.82 Å². The molecule has 10 nitrogen and oxygen atoms in total. The summed E-state index contributed by atoms with van der Waals surface area (Å²) < 4.78 is 12.7. The number of aromatic nitrogens is 3. The molecule has 4 fully saturated rings. The minimum absolute atomic E-state index is 0.0299. The third-order valence-electron chi connectivity index (χ3n) is 8.37. The Morgan fingerprint density at radius 2 is 1.92 bits per heavy atom. The maximum absolute atomic E-state index is 13.4. The summed E-state index contributed by atoms with van der Waals surface area (Å²) in [7, 11) is 1.40. The van der Waals surface area contributed by atoms with Crippen molar-refractivity contribution in [2.45, 2.75) is 31.3 Å². The summed E-state index contributed by atoms with van der Waals surface area (Å²) in [6, 6.07) is 10.9. The highest BCUT2D eigenvalue weighted by Gasteiger charge is 2.76. The number of carbonyl (C=O) groups excluding carboxylic acids is 3. The van der Waals surface area contributed by atoms with Crippen LogP contribution in [0.4, 0.5) is 5.69 Å². The lowest BCUT2D eigenvalue weighted by atomic mass is 9.34. The highest BCUT2D eigenvalue weighted by Crippen LogP contribution is 2.74. The topological polar surface area (TPSA) is 116 Å². The number of pyridine rings is 1. The average Bonchev–Trinajstić information content (AvgIpc) is 3.59. The molecule has 2 unspecified atom stereocenters. The van der Waals surface area contributed by atoms with Gasteiger partial charge >= 0.3 is 5.97 Å². The number of rotatable bonds is 5. The fourth-order valence-electron chi connectivity index (χ4n) is 6.68. The first-order valence-corrected chi connectivity index (χ1v) is 12.4. The molecule has 1 N–H and O–H groups in total. The Morgan fingerprint density at radius 3 is 2.62 bits per heavy atom. The number of nitrogens with zero attached hydrogens (tertiary/aromatic N) is 4. The van der Waals surface area contributed by atoms with Gasteiger partial charge in [0.1, 0.15) is 11.9 Å². The standard InChI is InChI=1S/C27H25N5O5/c1-36-25(35)27-13-26(14-27,15-27)24(34)31-11-17-20(12-31)37-19-5-2-4-18(22(17)19)30-23(33)16-6-7-21(28-10-16)32-9-3-8-29-32/h2-10,17,20H,11-15H2,1H3,(H,30,33). The first-order valence-electron chi connectivity index (χ1n) is 12.4. The van der Waals surface area contributed by atoms with E-state index in [4.69, 9.17) is 9.47 Å². The van der Waals surface area contributed by atoms with E-state index in [1.165, 1.54) is 13.3 Å². The van der Waals surface area contributed by atoms with Crippen LogP contribution >= 0.6 is 0 Å². The second-order valence-electron chi connectivity index (χ2n) is 10.6. The Balaban J connectivity index is 1.06. The van der Waals surface area contributed by atoms with Crippen LogP contribution in [-0.2, 0) is 14.3 Å². The van der Waals surface area contributed by atoms with E-state index in [0.29, 0.717) is 49.4 Å². The summed E-state index contributed by atoms with van der Waals surface area (Å²) in [4.78, 5) is 44.7. The Labute approximate surface area is 212 Å². The normalized spacial score (nSPS) is 28.3. The van der Waals surface area contributed by atoms with E-state index in [2.05, 4.69) is 15.4 Å². The number of fused-ring (bicyclic) bond motifs is 3. The lowest BCUT2D eigenvalue weighted by Crippen LogP contribution is -2.71. The smallest absolute Gasteiger partial charge is 0.311 e. The first-order chi connectivity index (χ1) is 17.9. The van der Waals surface area contributed by atoms with Crippen molar-refractivity contribution < 1.29 is 23.9 Å². The quantitative estimate of drug-likeness (QED) is 0.537. The Bertz CT molecular complexity index is 1410. The molecule has 0 spiro atoms. The number of hydrogen-bond acceptors (Lipinski definition) is 7. The Hall–Kier alpha value is -4.21. The van der Waals surface area contributed by atoms with E-state index in [-0.39, 0.29) is 29.8 Å². The molecule has 3 aromatic rings. The SMILES string of the molecule is COC(=O)C12CC(C(=O)N3CC4Oc5cccc(NC(=O)c6ccc(-n7cccn7)nc6)c5C4C3)(C1)C2. The van der Waals surface area contributed by atoms with Gasteiger partial charge in [-0.05, 0) is 49.6 Å². The van der Waals surface area contributed by atoms with Gasteiger partial charge in [0.2, 0.25) is 5.91 Å². The number of likely N-dealkylation sites (tertiary alicyclic amines) is 1. The average molecular weight is 500 g/mol. The molecule has 188 valence electrons. The van der Waals surface area contributed by atoms with Crippen molar-refractivity contribution in [2.24, 2.45) is 10.8 Å². The Kier molecular flexibility index (Phi) is 4.55. The molecule has 2 aliphatic heterocycles. The monoisotopic (exact) mass is 499 g/mol. The molecule has 2 bridgehead atoms. The van der Waals surface area contributed by atoms with Crippen molar-refractivity contribution in [2.75, 3.05) is 25.5 Å². The number of anilines is 1.